The highest BCUT2D eigenvalue weighted by molar-refractivity contribution is 5.91. The number of carbonyl (C=O) groups excluding carboxylic acids is 1. The number of hydrogen-bond donors (Lipinski definition) is 1. The van der Waals surface area contributed by atoms with Crippen LogP contribution in [0, 0.1) is 20.8 Å². The summed E-state index contributed by atoms with van der Waals surface area (Å²) in [6, 6.07) is 24.9. The number of aryl methyl sites for hydroxylation is 2. The maximum atomic E-state index is 13.6. The Kier molecular flexibility index (Phi) is 8.41. The summed E-state index contributed by atoms with van der Waals surface area (Å²) in [4.78, 5) is 30.9. The van der Waals surface area contributed by atoms with Gasteiger partial charge in [-0.3, -0.25) is 9.59 Å². The number of aromatic nitrogens is 3. The van der Waals surface area contributed by atoms with Crippen LogP contribution in [0.15, 0.2) is 88.8 Å². The van der Waals surface area contributed by atoms with Crippen molar-refractivity contribution in [1.82, 2.24) is 14.2 Å². The first-order chi connectivity index (χ1) is 21.4. The van der Waals surface area contributed by atoms with E-state index < -0.39 is 0 Å². The predicted octanol–water partition coefficient (Wildman–Crippen LogP) is 7.06. The molecule has 44 heavy (non-hydrogen) atoms. The van der Waals surface area contributed by atoms with E-state index in [2.05, 4.69) is 16.0 Å². The van der Waals surface area contributed by atoms with Gasteiger partial charge in [0.15, 0.2) is 6.61 Å². The molecule has 0 atom stereocenters. The highest BCUT2D eigenvalue weighted by atomic mass is 16.5. The summed E-state index contributed by atoms with van der Waals surface area (Å²) in [5.41, 5.74) is 6.38. The predicted molar refractivity (Wildman–Crippen MR) is 175 cm³/mol. The lowest BCUT2D eigenvalue weighted by atomic mass is 9.88. The number of rotatable bonds is 8. The first kappa shape index (κ1) is 29.1. The van der Waals surface area contributed by atoms with Gasteiger partial charge in [-0.2, -0.15) is 9.78 Å². The Labute approximate surface area is 257 Å². The molecule has 2 aromatic heterocycles. The van der Waals surface area contributed by atoms with Gasteiger partial charge in [-0.15, -0.1) is 0 Å². The minimum atomic E-state index is -0.216. The van der Waals surface area contributed by atoms with E-state index in [-0.39, 0.29) is 24.0 Å². The smallest absolute Gasteiger partial charge is 0.282 e. The summed E-state index contributed by atoms with van der Waals surface area (Å²) in [6.45, 7) is 6.00. The maximum Gasteiger partial charge on any atom is 0.282 e. The molecular formula is C36H37N5O3. The Balaban J connectivity index is 1.21. The minimum Gasteiger partial charge on any atom is -0.484 e. The Bertz CT molecular complexity index is 1880. The van der Waals surface area contributed by atoms with Crippen LogP contribution in [0.1, 0.15) is 66.4 Å². The molecular weight excluding hydrogens is 550 g/mol. The van der Waals surface area contributed by atoms with Crippen LogP contribution >= 0.6 is 0 Å². The van der Waals surface area contributed by atoms with Crippen molar-refractivity contribution in [3.05, 3.63) is 118 Å². The van der Waals surface area contributed by atoms with Crippen LogP contribution in [0.3, 0.4) is 0 Å². The van der Waals surface area contributed by atoms with E-state index in [4.69, 9.17) is 14.8 Å². The number of anilines is 1. The summed E-state index contributed by atoms with van der Waals surface area (Å²) < 4.78 is 9.39. The lowest BCUT2D eigenvalue weighted by molar-refractivity contribution is -0.118. The zero-order valence-corrected chi connectivity index (χ0v) is 25.4. The number of para-hydroxylation sites is 1. The average Bonchev–Trinajstić information content (AvgIpc) is 3.33. The van der Waals surface area contributed by atoms with Gasteiger partial charge in [-0.25, -0.2) is 4.98 Å². The molecule has 0 unspecified atom stereocenters. The molecule has 0 spiro atoms. The number of amides is 1. The number of ether oxygens (including phenoxy) is 1. The molecule has 3 aromatic carbocycles. The van der Waals surface area contributed by atoms with E-state index in [0.29, 0.717) is 11.1 Å². The van der Waals surface area contributed by atoms with E-state index >= 15 is 0 Å². The summed E-state index contributed by atoms with van der Waals surface area (Å²) >= 11 is 0. The fourth-order valence-electron chi connectivity index (χ4n) is 5.99. The summed E-state index contributed by atoms with van der Waals surface area (Å²) in [6.07, 6.45) is 7.32. The summed E-state index contributed by atoms with van der Waals surface area (Å²) in [5, 5.41) is 8.17. The van der Waals surface area contributed by atoms with Crippen LogP contribution in [0.5, 0.6) is 5.75 Å². The van der Waals surface area contributed by atoms with Crippen LogP contribution in [-0.4, -0.2) is 33.0 Å². The molecule has 1 amide bonds. The molecule has 0 bridgehead atoms. The molecule has 1 aliphatic carbocycles. The van der Waals surface area contributed by atoms with Crippen molar-refractivity contribution < 1.29 is 9.53 Å². The Morgan fingerprint density at radius 2 is 1.70 bits per heavy atom. The van der Waals surface area contributed by atoms with Gasteiger partial charge in [0.25, 0.3) is 11.5 Å². The van der Waals surface area contributed by atoms with Gasteiger partial charge < -0.3 is 14.6 Å². The molecule has 0 aliphatic heterocycles. The number of nitrogens with zero attached hydrogens (tertiary/aromatic N) is 4. The normalized spacial score (nSPS) is 13.9. The number of carbonyl (C=O) groups is 1. The molecule has 2 heterocycles. The maximum absolute atomic E-state index is 13.6. The van der Waals surface area contributed by atoms with Crippen LogP contribution < -0.4 is 15.6 Å². The highest BCUT2D eigenvalue weighted by Gasteiger charge is 2.22. The van der Waals surface area contributed by atoms with Crippen LogP contribution in [0.25, 0.3) is 16.6 Å². The van der Waals surface area contributed by atoms with Crippen molar-refractivity contribution in [3.8, 4) is 11.4 Å². The quantitative estimate of drug-likeness (QED) is 0.197. The number of hydrogen-bond acceptors (Lipinski definition) is 5. The standard InChI is InChI=1S/C36H37N5O3/c1-24-13-15-29(16-14-24)38-34(42)23-44-31-19-17-30(18-20-31)40-25(2)21-28(26(40)3)22-37-41-35(27-9-5-4-6-10-27)39-33-12-8-7-11-32(33)36(41)43/h7-8,11-22,27H,4-6,9-10,23H2,1-3H3,(H,38,42). The average molecular weight is 588 g/mol. The second-order valence-corrected chi connectivity index (χ2v) is 11.5. The van der Waals surface area contributed by atoms with Gasteiger partial charge in [0, 0.05) is 34.2 Å². The second kappa shape index (κ2) is 12.7. The second-order valence-electron chi connectivity index (χ2n) is 11.5. The SMILES string of the molecule is Cc1ccc(NC(=O)COc2ccc(-n3c(C)cc(C=Nn4c(C5CCCCC5)nc5ccccc5c4=O)c3C)cc2)cc1. The van der Waals surface area contributed by atoms with Gasteiger partial charge in [0.2, 0.25) is 0 Å². The fraction of sp³-hybridized carbons (Fsp3) is 0.278. The van der Waals surface area contributed by atoms with E-state index in [1.54, 1.807) is 6.21 Å². The van der Waals surface area contributed by atoms with E-state index in [0.717, 1.165) is 70.9 Å². The Morgan fingerprint density at radius 1 is 0.977 bits per heavy atom. The molecule has 0 saturated heterocycles. The van der Waals surface area contributed by atoms with Gasteiger partial charge >= 0.3 is 0 Å². The molecule has 8 heteroatoms. The van der Waals surface area contributed by atoms with Crippen molar-refractivity contribution in [1.29, 1.82) is 0 Å². The lowest BCUT2D eigenvalue weighted by Crippen LogP contribution is -2.25. The third-order valence-corrected chi connectivity index (χ3v) is 8.33. The van der Waals surface area contributed by atoms with E-state index in [1.807, 2.05) is 93.6 Å². The van der Waals surface area contributed by atoms with Gasteiger partial charge in [0.05, 0.1) is 17.1 Å². The van der Waals surface area contributed by atoms with Gasteiger partial charge in [0.1, 0.15) is 11.6 Å². The minimum absolute atomic E-state index is 0.0821. The van der Waals surface area contributed by atoms with Crippen LogP contribution in [0.4, 0.5) is 5.69 Å². The lowest BCUT2D eigenvalue weighted by Gasteiger charge is -2.22. The molecule has 1 saturated carbocycles. The summed E-state index contributed by atoms with van der Waals surface area (Å²) in [5.74, 6) is 1.36. The number of benzene rings is 3. The van der Waals surface area contributed by atoms with Crippen LogP contribution in [-0.2, 0) is 4.79 Å². The third-order valence-electron chi connectivity index (χ3n) is 8.33. The topological polar surface area (TPSA) is 90.5 Å². The zero-order chi connectivity index (χ0) is 30.6. The largest absolute Gasteiger partial charge is 0.484 e. The molecule has 1 aliphatic rings. The molecule has 0 radical (unpaired) electrons. The number of fused-ring (bicyclic) bond motifs is 1. The molecule has 1 fully saturated rings. The Morgan fingerprint density at radius 3 is 2.45 bits per heavy atom. The van der Waals surface area contributed by atoms with Crippen molar-refractivity contribution in [2.24, 2.45) is 5.10 Å². The molecule has 1 N–H and O–H groups in total. The highest BCUT2D eigenvalue weighted by Crippen LogP contribution is 2.32. The van der Waals surface area contributed by atoms with Crippen molar-refractivity contribution in [3.63, 3.8) is 0 Å². The molecule has 5 aromatic rings. The van der Waals surface area contributed by atoms with Gasteiger partial charge in [-0.05, 0) is 88.2 Å². The molecule has 224 valence electrons. The van der Waals surface area contributed by atoms with Crippen molar-refractivity contribution >= 4 is 28.7 Å². The van der Waals surface area contributed by atoms with E-state index in [9.17, 15) is 9.59 Å². The Hall–Kier alpha value is -4.98. The third kappa shape index (κ3) is 6.20. The molecule has 6 rings (SSSR count). The first-order valence-electron chi connectivity index (χ1n) is 15.2. The monoisotopic (exact) mass is 587 g/mol. The first-order valence-corrected chi connectivity index (χ1v) is 15.2. The van der Waals surface area contributed by atoms with E-state index in [1.165, 1.54) is 11.1 Å². The number of nitrogens with one attached hydrogen (secondary N) is 1. The molecule has 8 nitrogen and oxygen atoms in total. The fourth-order valence-corrected chi connectivity index (χ4v) is 5.99. The van der Waals surface area contributed by atoms with Crippen molar-refractivity contribution in [2.75, 3.05) is 11.9 Å². The summed E-state index contributed by atoms with van der Waals surface area (Å²) in [7, 11) is 0. The van der Waals surface area contributed by atoms with Crippen molar-refractivity contribution in [2.45, 2.75) is 58.8 Å². The van der Waals surface area contributed by atoms with Crippen LogP contribution in [0.2, 0.25) is 0 Å². The van der Waals surface area contributed by atoms with Gasteiger partial charge in [-0.1, -0.05) is 49.1 Å². The zero-order valence-electron chi connectivity index (χ0n) is 25.4.